The normalized spacial score (nSPS) is 16.5. The van der Waals surface area contributed by atoms with E-state index in [4.69, 9.17) is 18.9 Å². The van der Waals surface area contributed by atoms with Gasteiger partial charge in [0.05, 0.1) is 13.2 Å². The van der Waals surface area contributed by atoms with Crippen LogP contribution in [0.5, 0.6) is 11.5 Å². The van der Waals surface area contributed by atoms with Crippen LogP contribution in [-0.2, 0) is 19.1 Å². The summed E-state index contributed by atoms with van der Waals surface area (Å²) < 4.78 is 20.9. The van der Waals surface area contributed by atoms with E-state index >= 15 is 0 Å². The highest BCUT2D eigenvalue weighted by atomic mass is 16.6. The lowest BCUT2D eigenvalue weighted by Gasteiger charge is -2.10. The maximum atomic E-state index is 11.6. The molecule has 0 aliphatic carbocycles. The molecule has 7 nitrogen and oxygen atoms in total. The van der Waals surface area contributed by atoms with Crippen LogP contribution in [-0.4, -0.2) is 51.0 Å². The lowest BCUT2D eigenvalue weighted by Crippen LogP contribution is -2.33. The van der Waals surface area contributed by atoms with Crippen LogP contribution < -0.4 is 14.8 Å². The first-order chi connectivity index (χ1) is 11.7. The van der Waals surface area contributed by atoms with Crippen molar-refractivity contribution in [2.45, 2.75) is 25.9 Å². The Kier molecular flexibility index (Phi) is 7.35. The number of nitrogens with one attached hydrogen (secondary N) is 1. The van der Waals surface area contributed by atoms with Crippen molar-refractivity contribution in [3.05, 3.63) is 24.3 Å². The largest absolute Gasteiger partial charge is 0.494 e. The number of carbonyl (C=O) groups is 2. The number of esters is 1. The van der Waals surface area contributed by atoms with E-state index in [1.807, 2.05) is 19.1 Å². The SMILES string of the molecule is CCOc1ccc(OCCNC(=O)COC(=O)[C@H]2CCCO2)cc1. The minimum Gasteiger partial charge on any atom is -0.494 e. The van der Waals surface area contributed by atoms with Crippen LogP contribution >= 0.6 is 0 Å². The molecule has 0 aromatic heterocycles. The van der Waals surface area contributed by atoms with Crippen LogP contribution in [0.25, 0.3) is 0 Å². The molecule has 1 aliphatic rings. The summed E-state index contributed by atoms with van der Waals surface area (Å²) in [7, 11) is 0. The molecule has 1 aliphatic heterocycles. The molecule has 2 rings (SSSR count). The fraction of sp³-hybridized carbons (Fsp3) is 0.529. The topological polar surface area (TPSA) is 83.1 Å². The molecular formula is C17H23NO6. The van der Waals surface area contributed by atoms with Crippen LogP contribution in [0.15, 0.2) is 24.3 Å². The second kappa shape index (κ2) is 9.77. The van der Waals surface area contributed by atoms with Crippen molar-refractivity contribution in [2.24, 2.45) is 0 Å². The molecule has 1 aromatic rings. The summed E-state index contributed by atoms with van der Waals surface area (Å²) in [6.45, 7) is 3.44. The van der Waals surface area contributed by atoms with Crippen molar-refractivity contribution in [3.8, 4) is 11.5 Å². The van der Waals surface area contributed by atoms with Gasteiger partial charge in [-0.2, -0.15) is 0 Å². The second-order valence-corrected chi connectivity index (χ2v) is 5.21. The molecule has 0 spiro atoms. The smallest absolute Gasteiger partial charge is 0.335 e. The van der Waals surface area contributed by atoms with Crippen LogP contribution in [0.4, 0.5) is 0 Å². The monoisotopic (exact) mass is 337 g/mol. The minimum absolute atomic E-state index is 0.304. The molecule has 1 aromatic carbocycles. The summed E-state index contributed by atoms with van der Waals surface area (Å²) in [5.74, 6) is 0.633. The van der Waals surface area contributed by atoms with E-state index in [2.05, 4.69) is 5.32 Å². The van der Waals surface area contributed by atoms with Gasteiger partial charge in [-0.05, 0) is 44.0 Å². The van der Waals surface area contributed by atoms with E-state index in [0.717, 1.165) is 12.2 Å². The van der Waals surface area contributed by atoms with Gasteiger partial charge >= 0.3 is 5.97 Å². The number of benzene rings is 1. The summed E-state index contributed by atoms with van der Waals surface area (Å²) in [4.78, 5) is 23.2. The third-order valence-electron chi connectivity index (χ3n) is 3.37. The van der Waals surface area contributed by atoms with Crippen molar-refractivity contribution < 1.29 is 28.5 Å². The van der Waals surface area contributed by atoms with E-state index < -0.39 is 12.1 Å². The number of amides is 1. The van der Waals surface area contributed by atoms with Crippen LogP contribution in [0, 0.1) is 0 Å². The Balaban J connectivity index is 1.56. The van der Waals surface area contributed by atoms with E-state index in [1.54, 1.807) is 12.1 Å². The number of carbonyl (C=O) groups excluding carboxylic acids is 2. The molecule has 0 radical (unpaired) electrons. The minimum atomic E-state index is -0.527. The average Bonchev–Trinajstić information content (AvgIpc) is 3.13. The highest BCUT2D eigenvalue weighted by Gasteiger charge is 2.25. The highest BCUT2D eigenvalue weighted by Crippen LogP contribution is 2.17. The lowest BCUT2D eigenvalue weighted by atomic mass is 10.2. The molecule has 1 fully saturated rings. The zero-order valence-corrected chi connectivity index (χ0v) is 13.8. The molecule has 7 heteroatoms. The molecule has 1 amide bonds. The van der Waals surface area contributed by atoms with E-state index in [1.165, 1.54) is 0 Å². The fourth-order valence-corrected chi connectivity index (χ4v) is 2.20. The third kappa shape index (κ3) is 6.08. The highest BCUT2D eigenvalue weighted by molar-refractivity contribution is 5.82. The summed E-state index contributed by atoms with van der Waals surface area (Å²) in [6, 6.07) is 7.25. The average molecular weight is 337 g/mol. The third-order valence-corrected chi connectivity index (χ3v) is 3.37. The van der Waals surface area contributed by atoms with Crippen LogP contribution in [0.2, 0.25) is 0 Å². The summed E-state index contributed by atoms with van der Waals surface area (Å²) in [6.07, 6.45) is 0.964. The van der Waals surface area contributed by atoms with Crippen molar-refractivity contribution in [1.29, 1.82) is 0 Å². The van der Waals surface area contributed by atoms with Crippen LogP contribution in [0.3, 0.4) is 0 Å². The Bertz CT molecular complexity index is 524. The van der Waals surface area contributed by atoms with E-state index in [0.29, 0.717) is 38.5 Å². The van der Waals surface area contributed by atoms with Crippen molar-refractivity contribution in [2.75, 3.05) is 33.0 Å². The fourth-order valence-electron chi connectivity index (χ4n) is 2.20. The first-order valence-electron chi connectivity index (χ1n) is 8.09. The molecule has 132 valence electrons. The van der Waals surface area contributed by atoms with Crippen molar-refractivity contribution >= 4 is 11.9 Å². The van der Waals surface area contributed by atoms with Gasteiger partial charge in [-0.1, -0.05) is 0 Å². The molecule has 0 bridgehead atoms. The summed E-state index contributed by atoms with van der Waals surface area (Å²) in [5, 5.41) is 2.62. The maximum Gasteiger partial charge on any atom is 0.335 e. The zero-order valence-electron chi connectivity index (χ0n) is 13.8. The second-order valence-electron chi connectivity index (χ2n) is 5.21. The molecule has 1 atom stereocenters. The number of ether oxygens (including phenoxy) is 4. The first-order valence-corrected chi connectivity index (χ1v) is 8.09. The van der Waals surface area contributed by atoms with Gasteiger partial charge in [0.15, 0.2) is 12.7 Å². The van der Waals surface area contributed by atoms with E-state index in [-0.39, 0.29) is 12.5 Å². The molecule has 0 saturated carbocycles. The number of rotatable bonds is 9. The Hall–Kier alpha value is -2.28. The first kappa shape index (κ1) is 18.1. The lowest BCUT2D eigenvalue weighted by molar-refractivity contribution is -0.157. The molecule has 24 heavy (non-hydrogen) atoms. The Morgan fingerprint density at radius 1 is 1.21 bits per heavy atom. The standard InChI is InChI=1S/C17H23NO6/c1-2-21-13-5-7-14(8-6-13)22-11-9-18-16(19)12-24-17(20)15-4-3-10-23-15/h5-8,15H,2-4,9-12H2,1H3,(H,18,19)/t15-/m1/s1. The van der Waals surface area contributed by atoms with Crippen molar-refractivity contribution in [1.82, 2.24) is 5.32 Å². The predicted molar refractivity (Wildman–Crippen MR) is 86.0 cm³/mol. The molecule has 1 N–H and O–H groups in total. The van der Waals surface area contributed by atoms with Gasteiger partial charge in [-0.25, -0.2) is 4.79 Å². The summed E-state index contributed by atoms with van der Waals surface area (Å²) >= 11 is 0. The quantitative estimate of drug-likeness (QED) is 0.540. The van der Waals surface area contributed by atoms with Gasteiger partial charge in [0.25, 0.3) is 5.91 Å². The Morgan fingerprint density at radius 2 is 1.92 bits per heavy atom. The van der Waals surface area contributed by atoms with Gasteiger partial charge in [-0.15, -0.1) is 0 Å². The number of hydrogen-bond acceptors (Lipinski definition) is 6. The Morgan fingerprint density at radius 3 is 2.54 bits per heavy atom. The maximum absolute atomic E-state index is 11.6. The van der Waals surface area contributed by atoms with E-state index in [9.17, 15) is 9.59 Å². The molecule has 0 unspecified atom stereocenters. The van der Waals surface area contributed by atoms with Crippen molar-refractivity contribution in [3.63, 3.8) is 0 Å². The Labute approximate surface area is 141 Å². The summed E-state index contributed by atoms with van der Waals surface area (Å²) in [5.41, 5.74) is 0. The van der Waals surface area contributed by atoms with Gasteiger partial charge < -0.3 is 24.3 Å². The van der Waals surface area contributed by atoms with Gasteiger partial charge in [0, 0.05) is 6.61 Å². The molecule has 1 saturated heterocycles. The van der Waals surface area contributed by atoms with Gasteiger partial charge in [0.1, 0.15) is 18.1 Å². The molecular weight excluding hydrogens is 314 g/mol. The molecule has 1 heterocycles. The predicted octanol–water partition coefficient (Wildman–Crippen LogP) is 1.30. The van der Waals surface area contributed by atoms with Crippen LogP contribution in [0.1, 0.15) is 19.8 Å². The van der Waals surface area contributed by atoms with Gasteiger partial charge in [0.2, 0.25) is 0 Å². The van der Waals surface area contributed by atoms with Gasteiger partial charge in [-0.3, -0.25) is 4.79 Å². The zero-order chi connectivity index (χ0) is 17.2. The number of hydrogen-bond donors (Lipinski definition) is 1.